The van der Waals surface area contributed by atoms with Gasteiger partial charge in [0, 0.05) is 11.4 Å². The van der Waals surface area contributed by atoms with Gasteiger partial charge >= 0.3 is 0 Å². The third-order valence-electron chi connectivity index (χ3n) is 5.47. The number of benzene rings is 2. The van der Waals surface area contributed by atoms with Gasteiger partial charge in [-0.3, -0.25) is 14.6 Å². The zero-order valence-electron chi connectivity index (χ0n) is 16.3. The predicted octanol–water partition coefficient (Wildman–Crippen LogP) is 4.67. The lowest BCUT2D eigenvalue weighted by Crippen LogP contribution is -2.41. The van der Waals surface area contributed by atoms with Crippen molar-refractivity contribution < 1.29 is 9.59 Å². The van der Waals surface area contributed by atoms with Gasteiger partial charge < -0.3 is 10.2 Å². The second-order valence-electron chi connectivity index (χ2n) is 7.79. The highest BCUT2D eigenvalue weighted by Crippen LogP contribution is 2.37. The molecule has 5 heteroatoms. The monoisotopic (exact) mass is 375 g/mol. The number of hydrogen-bond acceptors (Lipinski definition) is 3. The van der Waals surface area contributed by atoms with E-state index in [2.05, 4.69) is 19.2 Å². The molecule has 0 bridgehead atoms. The maximum absolute atomic E-state index is 13.2. The summed E-state index contributed by atoms with van der Waals surface area (Å²) >= 11 is 0. The Morgan fingerprint density at radius 3 is 2.86 bits per heavy atom. The van der Waals surface area contributed by atoms with Crippen LogP contribution in [0.2, 0.25) is 0 Å². The normalized spacial score (nSPS) is 18.4. The van der Waals surface area contributed by atoms with E-state index in [0.717, 1.165) is 41.9 Å². The number of carbonyl (C=O) groups is 2. The molecule has 0 spiro atoms. The van der Waals surface area contributed by atoms with Crippen molar-refractivity contribution in [2.75, 3.05) is 16.8 Å². The minimum atomic E-state index is -0.204. The molecule has 2 aromatic carbocycles. The molecule has 1 N–H and O–H groups in total. The largest absolute Gasteiger partial charge is 0.325 e. The molecule has 1 aliphatic heterocycles. The molecule has 0 aromatic heterocycles. The summed E-state index contributed by atoms with van der Waals surface area (Å²) in [6.45, 7) is 4.22. The molecule has 1 heterocycles. The second-order valence-corrected chi connectivity index (χ2v) is 7.79. The van der Waals surface area contributed by atoms with Gasteiger partial charge in [-0.05, 0) is 55.0 Å². The molecule has 5 nitrogen and oxygen atoms in total. The molecule has 1 saturated carbocycles. The molecular formula is C23H25N3O2. The Balaban J connectivity index is 1.57. The summed E-state index contributed by atoms with van der Waals surface area (Å²) in [6, 6.07) is 15.4. The number of anilines is 2. The number of carbonyl (C=O) groups excluding carboxylic acids is 2. The van der Waals surface area contributed by atoms with Gasteiger partial charge in [0.15, 0.2) is 0 Å². The molecule has 144 valence electrons. The van der Waals surface area contributed by atoms with Crippen molar-refractivity contribution in [3.63, 3.8) is 0 Å². The molecule has 2 aromatic rings. The predicted molar refractivity (Wildman–Crippen MR) is 112 cm³/mol. The minimum Gasteiger partial charge on any atom is -0.325 e. The topological polar surface area (TPSA) is 61.8 Å². The van der Waals surface area contributed by atoms with Crippen LogP contribution in [-0.2, 0) is 9.59 Å². The highest BCUT2D eigenvalue weighted by molar-refractivity contribution is 6.16. The van der Waals surface area contributed by atoms with Gasteiger partial charge in [-0.25, -0.2) is 0 Å². The zero-order chi connectivity index (χ0) is 19.7. The van der Waals surface area contributed by atoms with E-state index < -0.39 is 0 Å². The molecule has 0 radical (unpaired) electrons. The number of rotatable bonds is 4. The Labute approximate surface area is 165 Å². The van der Waals surface area contributed by atoms with Crippen LogP contribution in [0.4, 0.5) is 17.1 Å². The lowest BCUT2D eigenvalue weighted by Gasteiger charge is -2.24. The van der Waals surface area contributed by atoms with Crippen molar-refractivity contribution >= 4 is 34.6 Å². The maximum Gasteiger partial charge on any atom is 0.244 e. The SMILES string of the molecule is CC(C)c1cccc(NC(=O)CN2C(=O)C3CCCC3=Nc3ccccc32)c1. The van der Waals surface area contributed by atoms with E-state index in [1.807, 2.05) is 48.5 Å². The smallest absolute Gasteiger partial charge is 0.244 e. The molecule has 2 amide bonds. The average molecular weight is 375 g/mol. The first-order valence-corrected chi connectivity index (χ1v) is 9.90. The lowest BCUT2D eigenvalue weighted by molar-refractivity contribution is -0.122. The van der Waals surface area contributed by atoms with Crippen LogP contribution in [0, 0.1) is 5.92 Å². The van der Waals surface area contributed by atoms with Gasteiger partial charge in [-0.2, -0.15) is 0 Å². The van der Waals surface area contributed by atoms with Gasteiger partial charge in [-0.15, -0.1) is 0 Å². The summed E-state index contributed by atoms with van der Waals surface area (Å²) in [6.07, 6.45) is 2.63. The number of fused-ring (bicyclic) bond motifs is 2. The van der Waals surface area contributed by atoms with Crippen LogP contribution in [0.5, 0.6) is 0 Å². The quantitative estimate of drug-likeness (QED) is 0.844. The highest BCUT2D eigenvalue weighted by Gasteiger charge is 2.37. The average Bonchev–Trinajstić information content (AvgIpc) is 3.11. The molecule has 1 atom stereocenters. The Bertz CT molecular complexity index is 948. The van der Waals surface area contributed by atoms with E-state index in [9.17, 15) is 9.59 Å². The molecule has 1 unspecified atom stereocenters. The van der Waals surface area contributed by atoms with Gasteiger partial charge in [0.05, 0.1) is 17.3 Å². The van der Waals surface area contributed by atoms with Gasteiger partial charge in [-0.1, -0.05) is 38.1 Å². The fraction of sp³-hybridized carbons (Fsp3) is 0.348. The summed E-state index contributed by atoms with van der Waals surface area (Å²) in [5, 5.41) is 2.95. The van der Waals surface area contributed by atoms with Crippen LogP contribution in [-0.4, -0.2) is 24.1 Å². The van der Waals surface area contributed by atoms with E-state index in [4.69, 9.17) is 4.99 Å². The van der Waals surface area contributed by atoms with Crippen LogP contribution in [0.25, 0.3) is 0 Å². The van der Waals surface area contributed by atoms with Gasteiger partial charge in [0.1, 0.15) is 6.54 Å². The summed E-state index contributed by atoms with van der Waals surface area (Å²) in [7, 11) is 0. The Hall–Kier alpha value is -2.95. The van der Waals surface area contributed by atoms with Gasteiger partial charge in [0.25, 0.3) is 0 Å². The van der Waals surface area contributed by atoms with Crippen molar-refractivity contribution in [2.45, 2.75) is 39.0 Å². The van der Waals surface area contributed by atoms with E-state index in [1.165, 1.54) is 0 Å². The third kappa shape index (κ3) is 3.57. The number of nitrogens with one attached hydrogen (secondary N) is 1. The lowest BCUT2D eigenvalue weighted by atomic mass is 10.0. The second kappa shape index (κ2) is 7.58. The molecule has 0 saturated heterocycles. The first-order valence-electron chi connectivity index (χ1n) is 9.90. The van der Waals surface area contributed by atoms with Crippen molar-refractivity contribution in [3.8, 4) is 0 Å². The van der Waals surface area contributed by atoms with Crippen molar-refractivity contribution in [2.24, 2.45) is 10.9 Å². The van der Waals surface area contributed by atoms with Gasteiger partial charge in [0.2, 0.25) is 11.8 Å². The van der Waals surface area contributed by atoms with Crippen molar-refractivity contribution in [1.29, 1.82) is 0 Å². The minimum absolute atomic E-state index is 0.0128. The first kappa shape index (κ1) is 18.4. The fourth-order valence-corrected chi connectivity index (χ4v) is 3.96. The number of hydrogen-bond donors (Lipinski definition) is 1. The van der Waals surface area contributed by atoms with E-state index in [1.54, 1.807) is 4.90 Å². The number of amides is 2. The van der Waals surface area contributed by atoms with E-state index in [-0.39, 0.29) is 24.3 Å². The summed E-state index contributed by atoms with van der Waals surface area (Å²) < 4.78 is 0. The molecule has 1 fully saturated rings. The Morgan fingerprint density at radius 1 is 1.21 bits per heavy atom. The highest BCUT2D eigenvalue weighted by atomic mass is 16.2. The third-order valence-corrected chi connectivity index (χ3v) is 5.47. The maximum atomic E-state index is 13.2. The van der Waals surface area contributed by atoms with Crippen molar-refractivity contribution in [1.82, 2.24) is 0 Å². The van der Waals surface area contributed by atoms with Crippen LogP contribution in [0.15, 0.2) is 53.5 Å². The number of para-hydroxylation sites is 2. The zero-order valence-corrected chi connectivity index (χ0v) is 16.3. The van der Waals surface area contributed by atoms with Crippen LogP contribution in [0.1, 0.15) is 44.6 Å². The van der Waals surface area contributed by atoms with E-state index in [0.29, 0.717) is 11.6 Å². The van der Waals surface area contributed by atoms with Crippen LogP contribution in [0.3, 0.4) is 0 Å². The molecule has 28 heavy (non-hydrogen) atoms. The Morgan fingerprint density at radius 2 is 2.04 bits per heavy atom. The molecule has 2 aliphatic rings. The number of nitrogens with zero attached hydrogens (tertiary/aromatic N) is 2. The summed E-state index contributed by atoms with van der Waals surface area (Å²) in [4.78, 5) is 32.3. The molecular weight excluding hydrogens is 350 g/mol. The van der Waals surface area contributed by atoms with E-state index >= 15 is 0 Å². The van der Waals surface area contributed by atoms with Crippen LogP contribution < -0.4 is 10.2 Å². The first-order chi connectivity index (χ1) is 13.5. The van der Waals surface area contributed by atoms with Crippen molar-refractivity contribution in [3.05, 3.63) is 54.1 Å². The summed E-state index contributed by atoms with van der Waals surface area (Å²) in [5.74, 6) is -0.0453. The summed E-state index contributed by atoms with van der Waals surface area (Å²) in [5.41, 5.74) is 4.35. The standard InChI is InChI=1S/C23H25N3O2/c1-15(2)16-7-5-8-17(13-16)24-22(27)14-26-21-12-4-3-10-20(21)25-19-11-6-9-18(19)23(26)28/h3-5,7-8,10,12-13,15,18H,6,9,11,14H2,1-2H3,(H,24,27). The fourth-order valence-electron chi connectivity index (χ4n) is 3.96. The number of aliphatic imine (C=N–C) groups is 1. The molecule has 4 rings (SSSR count). The van der Waals surface area contributed by atoms with Crippen LogP contribution >= 0.6 is 0 Å². The Kier molecular flexibility index (Phi) is 4.99. The molecule has 1 aliphatic carbocycles.